The average Bonchev–Trinajstić information content (AvgIpc) is 3.01. The zero-order valence-corrected chi connectivity index (χ0v) is 13.7. The maximum atomic E-state index is 12.1. The molecule has 0 heterocycles. The van der Waals surface area contributed by atoms with Crippen LogP contribution in [0.5, 0.6) is 0 Å². The maximum Gasteiger partial charge on any atom is 0.344 e. The number of allylic oxidation sites excluding steroid dienone is 1. The molecule has 1 aromatic rings. The monoisotopic (exact) mass is 320 g/mol. The molecular weight excluding hydrogens is 300 g/mol. The molecule has 1 aliphatic carbocycles. The van der Waals surface area contributed by atoms with Crippen LogP contribution in [0.3, 0.4) is 0 Å². The second-order valence-electron chi connectivity index (χ2n) is 5.83. The van der Waals surface area contributed by atoms with Crippen molar-refractivity contribution in [2.24, 2.45) is 17.3 Å². The quantitative estimate of drug-likeness (QED) is 0.493. The number of thioether (sulfide) groups is 1. The number of hydrogen-bond donors (Lipinski definition) is 1. The van der Waals surface area contributed by atoms with Crippen LogP contribution in [0.1, 0.15) is 20.8 Å². The molecule has 0 aromatic heterocycles. The average molecular weight is 320 g/mol. The van der Waals surface area contributed by atoms with Gasteiger partial charge in [0.2, 0.25) is 0 Å². The Morgan fingerprint density at radius 2 is 1.95 bits per heavy atom. The first-order valence-corrected chi connectivity index (χ1v) is 8.04. The molecule has 4 nitrogen and oxygen atoms in total. The summed E-state index contributed by atoms with van der Waals surface area (Å²) in [5.74, 6) is -1.82. The molecule has 2 rings (SSSR count). The van der Waals surface area contributed by atoms with Crippen LogP contribution < -0.4 is 0 Å². The Morgan fingerprint density at radius 3 is 2.45 bits per heavy atom. The number of carbonyl (C=O) groups excluding carboxylic acids is 1. The van der Waals surface area contributed by atoms with Crippen LogP contribution in [0.15, 0.2) is 46.2 Å². The Labute approximate surface area is 134 Å². The van der Waals surface area contributed by atoms with Crippen LogP contribution in [0, 0.1) is 17.3 Å². The van der Waals surface area contributed by atoms with Gasteiger partial charge in [-0.1, -0.05) is 49.9 Å². The topological polar surface area (TPSA) is 63.6 Å². The summed E-state index contributed by atoms with van der Waals surface area (Å²) < 4.78 is 5.09. The van der Waals surface area contributed by atoms with Gasteiger partial charge in [0, 0.05) is 4.90 Å². The van der Waals surface area contributed by atoms with Crippen molar-refractivity contribution in [3.8, 4) is 0 Å². The fourth-order valence-electron chi connectivity index (χ4n) is 2.58. The summed E-state index contributed by atoms with van der Waals surface area (Å²) in [6.45, 7) is 5.86. The van der Waals surface area contributed by atoms with Gasteiger partial charge in [-0.05, 0) is 30.4 Å². The highest BCUT2D eigenvalue weighted by atomic mass is 32.2. The Hall–Kier alpha value is -1.75. The summed E-state index contributed by atoms with van der Waals surface area (Å²) in [6.07, 6.45) is 1.76. The minimum atomic E-state index is -0.820. The van der Waals surface area contributed by atoms with E-state index in [2.05, 4.69) is 0 Å². The van der Waals surface area contributed by atoms with Crippen molar-refractivity contribution in [3.05, 3.63) is 41.3 Å². The molecule has 2 atom stereocenters. The smallest absolute Gasteiger partial charge is 0.344 e. The molecule has 0 bridgehead atoms. The molecular formula is C17H20O4S. The lowest BCUT2D eigenvalue weighted by molar-refractivity contribution is -0.140. The number of benzene rings is 1. The van der Waals surface area contributed by atoms with E-state index < -0.39 is 17.9 Å². The molecule has 0 amide bonds. The zero-order valence-electron chi connectivity index (χ0n) is 12.9. The van der Waals surface area contributed by atoms with Gasteiger partial charge in [-0.2, -0.15) is 0 Å². The molecule has 118 valence electrons. The van der Waals surface area contributed by atoms with E-state index in [0.717, 1.165) is 4.90 Å². The summed E-state index contributed by atoms with van der Waals surface area (Å²) in [5, 5.41) is 9.25. The molecule has 0 radical (unpaired) electrons. The molecule has 1 fully saturated rings. The van der Waals surface area contributed by atoms with Gasteiger partial charge in [0.05, 0.1) is 17.4 Å². The molecule has 0 aliphatic heterocycles. The number of carboxylic acids is 1. The molecule has 1 aliphatic rings. The predicted molar refractivity (Wildman–Crippen MR) is 85.4 cm³/mol. The van der Waals surface area contributed by atoms with Crippen molar-refractivity contribution in [1.29, 1.82) is 0 Å². The predicted octanol–water partition coefficient (Wildman–Crippen LogP) is 3.58. The maximum absolute atomic E-state index is 12.1. The SMILES string of the molecule is CCOC(=O)C(=C[C@H]1[C@@H](C(=O)O)C1(C)C)Sc1ccccc1. The normalized spacial score (nSPS) is 23.0. The summed E-state index contributed by atoms with van der Waals surface area (Å²) in [4.78, 5) is 24.8. The third-order valence-electron chi connectivity index (χ3n) is 3.96. The number of carboxylic acid groups (broad SMARTS) is 1. The van der Waals surface area contributed by atoms with E-state index in [-0.39, 0.29) is 11.3 Å². The van der Waals surface area contributed by atoms with E-state index in [4.69, 9.17) is 4.74 Å². The van der Waals surface area contributed by atoms with Gasteiger partial charge >= 0.3 is 11.9 Å². The molecule has 0 unspecified atom stereocenters. The molecule has 1 N–H and O–H groups in total. The second kappa shape index (κ2) is 6.57. The van der Waals surface area contributed by atoms with Crippen LogP contribution in [0.25, 0.3) is 0 Å². The van der Waals surface area contributed by atoms with E-state index in [0.29, 0.717) is 11.5 Å². The third kappa shape index (κ3) is 3.53. The minimum Gasteiger partial charge on any atom is -0.481 e. The highest BCUT2D eigenvalue weighted by Crippen LogP contribution is 2.59. The molecule has 0 saturated heterocycles. The number of esters is 1. The third-order valence-corrected chi connectivity index (χ3v) is 4.99. The van der Waals surface area contributed by atoms with Crippen LogP contribution in [-0.2, 0) is 14.3 Å². The first-order chi connectivity index (χ1) is 10.4. The van der Waals surface area contributed by atoms with E-state index in [9.17, 15) is 14.7 Å². The highest BCUT2D eigenvalue weighted by Gasteiger charge is 2.61. The Balaban J connectivity index is 2.24. The Morgan fingerprint density at radius 1 is 1.32 bits per heavy atom. The zero-order chi connectivity index (χ0) is 16.3. The van der Waals surface area contributed by atoms with Gasteiger partial charge in [0.25, 0.3) is 0 Å². The van der Waals surface area contributed by atoms with Crippen molar-refractivity contribution in [1.82, 2.24) is 0 Å². The summed E-state index contributed by atoms with van der Waals surface area (Å²) >= 11 is 1.31. The van der Waals surface area contributed by atoms with Gasteiger partial charge in [-0.15, -0.1) is 0 Å². The lowest BCUT2D eigenvalue weighted by Gasteiger charge is -2.07. The molecule has 5 heteroatoms. The van der Waals surface area contributed by atoms with Gasteiger partial charge in [-0.25, -0.2) is 4.79 Å². The lowest BCUT2D eigenvalue weighted by atomic mass is 10.1. The van der Waals surface area contributed by atoms with Crippen LogP contribution in [0.4, 0.5) is 0 Å². The standard InChI is InChI=1S/C17H20O4S/c1-4-21-16(20)13(22-11-8-6-5-7-9-11)10-12-14(15(18)19)17(12,2)3/h5-10,12,14H,4H2,1-3H3,(H,18,19)/t12-,14-/m0/s1. The van der Waals surface area contributed by atoms with E-state index in [1.54, 1.807) is 13.0 Å². The summed E-state index contributed by atoms with van der Waals surface area (Å²) in [7, 11) is 0. The lowest BCUT2D eigenvalue weighted by Crippen LogP contribution is -2.06. The molecule has 1 aromatic carbocycles. The van der Waals surface area contributed by atoms with Gasteiger partial charge in [0.1, 0.15) is 0 Å². The highest BCUT2D eigenvalue weighted by molar-refractivity contribution is 8.04. The molecule has 0 spiro atoms. The Kier molecular flexibility index (Phi) is 4.96. The number of rotatable bonds is 6. The first kappa shape index (κ1) is 16.6. The van der Waals surface area contributed by atoms with E-state index in [1.807, 2.05) is 44.2 Å². The van der Waals surface area contributed by atoms with E-state index >= 15 is 0 Å². The van der Waals surface area contributed by atoms with Crippen molar-refractivity contribution in [3.63, 3.8) is 0 Å². The van der Waals surface area contributed by atoms with Crippen LogP contribution in [0.2, 0.25) is 0 Å². The fourth-order valence-corrected chi connectivity index (χ4v) is 3.49. The van der Waals surface area contributed by atoms with Gasteiger partial charge < -0.3 is 9.84 Å². The largest absolute Gasteiger partial charge is 0.481 e. The summed E-state index contributed by atoms with van der Waals surface area (Å²) in [5.41, 5.74) is -0.333. The van der Waals surface area contributed by atoms with Crippen molar-refractivity contribution in [2.45, 2.75) is 25.7 Å². The number of carbonyl (C=O) groups is 2. The number of hydrogen-bond acceptors (Lipinski definition) is 4. The van der Waals surface area contributed by atoms with Crippen LogP contribution in [-0.4, -0.2) is 23.7 Å². The fraction of sp³-hybridized carbons (Fsp3) is 0.412. The Bertz CT molecular complexity index is 592. The number of ether oxygens (including phenoxy) is 1. The minimum absolute atomic E-state index is 0.152. The second-order valence-corrected chi connectivity index (χ2v) is 6.94. The van der Waals surface area contributed by atoms with Gasteiger partial charge in [-0.3, -0.25) is 4.79 Å². The van der Waals surface area contributed by atoms with Gasteiger partial charge in [0.15, 0.2) is 0 Å². The van der Waals surface area contributed by atoms with Crippen molar-refractivity contribution < 1.29 is 19.4 Å². The van der Waals surface area contributed by atoms with Crippen molar-refractivity contribution in [2.75, 3.05) is 6.61 Å². The first-order valence-electron chi connectivity index (χ1n) is 7.22. The molecule has 1 saturated carbocycles. The summed E-state index contributed by atoms with van der Waals surface area (Å²) in [6, 6.07) is 9.51. The van der Waals surface area contributed by atoms with E-state index in [1.165, 1.54) is 11.8 Å². The molecule has 22 heavy (non-hydrogen) atoms. The number of aliphatic carboxylic acids is 1. The van der Waals surface area contributed by atoms with Crippen LogP contribution >= 0.6 is 11.8 Å². The van der Waals surface area contributed by atoms with Crippen molar-refractivity contribution >= 4 is 23.7 Å².